The standard InChI is InChI=1S/C14H15N3O3/c1-9-2-3-12-11(6-9)14(13(7-15-12)17(18)19)16-10-4-5-20-8-10/h2-3,6-7,10H,4-5,8H2,1H3,(H,15,16). The van der Waals surface area contributed by atoms with Crippen LogP contribution < -0.4 is 5.32 Å². The number of hydrogen-bond donors (Lipinski definition) is 1. The first-order valence-corrected chi connectivity index (χ1v) is 6.53. The molecule has 104 valence electrons. The Morgan fingerprint density at radius 3 is 3.05 bits per heavy atom. The molecule has 1 unspecified atom stereocenters. The van der Waals surface area contributed by atoms with Crippen LogP contribution in [0.1, 0.15) is 12.0 Å². The van der Waals surface area contributed by atoms with Crippen LogP contribution in [0.3, 0.4) is 0 Å². The van der Waals surface area contributed by atoms with Crippen molar-refractivity contribution in [2.75, 3.05) is 18.5 Å². The molecule has 1 fully saturated rings. The van der Waals surface area contributed by atoms with Gasteiger partial charge in [0.05, 0.1) is 23.1 Å². The molecule has 0 radical (unpaired) electrons. The van der Waals surface area contributed by atoms with Gasteiger partial charge in [-0.1, -0.05) is 11.6 Å². The number of pyridine rings is 1. The molecule has 6 heteroatoms. The largest absolute Gasteiger partial charge is 0.379 e. The normalized spacial score (nSPS) is 18.4. The van der Waals surface area contributed by atoms with Gasteiger partial charge in [-0.25, -0.2) is 4.98 Å². The van der Waals surface area contributed by atoms with Gasteiger partial charge in [-0.2, -0.15) is 0 Å². The van der Waals surface area contributed by atoms with E-state index in [0.717, 1.165) is 22.9 Å². The van der Waals surface area contributed by atoms with Crippen LogP contribution in [0.5, 0.6) is 0 Å². The quantitative estimate of drug-likeness (QED) is 0.687. The van der Waals surface area contributed by atoms with Crippen molar-refractivity contribution >= 4 is 22.3 Å². The minimum atomic E-state index is -0.396. The second kappa shape index (κ2) is 5.05. The Labute approximate surface area is 115 Å². The van der Waals surface area contributed by atoms with Gasteiger partial charge >= 0.3 is 5.69 Å². The number of nitrogens with one attached hydrogen (secondary N) is 1. The van der Waals surface area contributed by atoms with Crippen LogP contribution in [0.2, 0.25) is 0 Å². The van der Waals surface area contributed by atoms with E-state index < -0.39 is 4.92 Å². The topological polar surface area (TPSA) is 77.3 Å². The van der Waals surface area contributed by atoms with Crippen LogP contribution in [-0.2, 0) is 4.74 Å². The zero-order valence-corrected chi connectivity index (χ0v) is 11.1. The maximum absolute atomic E-state index is 11.2. The summed E-state index contributed by atoms with van der Waals surface area (Å²) in [7, 11) is 0. The Morgan fingerprint density at radius 2 is 2.35 bits per heavy atom. The predicted molar refractivity (Wildman–Crippen MR) is 76.0 cm³/mol. The third-order valence-electron chi connectivity index (χ3n) is 3.48. The highest BCUT2D eigenvalue weighted by Gasteiger charge is 2.23. The molecule has 1 aromatic heterocycles. The third kappa shape index (κ3) is 2.30. The highest BCUT2D eigenvalue weighted by Crippen LogP contribution is 2.33. The predicted octanol–water partition coefficient (Wildman–Crippen LogP) is 2.65. The lowest BCUT2D eigenvalue weighted by Crippen LogP contribution is -2.20. The number of anilines is 1. The molecule has 2 aromatic rings. The van der Waals surface area contributed by atoms with Crippen molar-refractivity contribution in [1.29, 1.82) is 0 Å². The van der Waals surface area contributed by atoms with Gasteiger partial charge in [0.25, 0.3) is 0 Å². The van der Waals surface area contributed by atoms with Crippen molar-refractivity contribution in [3.05, 3.63) is 40.1 Å². The van der Waals surface area contributed by atoms with Crippen LogP contribution in [0.25, 0.3) is 10.9 Å². The summed E-state index contributed by atoms with van der Waals surface area (Å²) in [4.78, 5) is 15.0. The van der Waals surface area contributed by atoms with E-state index in [1.54, 1.807) is 0 Å². The van der Waals surface area contributed by atoms with Gasteiger partial charge < -0.3 is 10.1 Å². The minimum absolute atomic E-state index is 0.00926. The third-order valence-corrected chi connectivity index (χ3v) is 3.48. The molecule has 1 N–H and O–H groups in total. The molecule has 1 aromatic carbocycles. The molecule has 3 rings (SSSR count). The fourth-order valence-corrected chi connectivity index (χ4v) is 2.44. The van der Waals surface area contributed by atoms with Crippen LogP contribution in [0.15, 0.2) is 24.4 Å². The lowest BCUT2D eigenvalue weighted by molar-refractivity contribution is -0.384. The highest BCUT2D eigenvalue weighted by molar-refractivity contribution is 5.96. The van der Waals surface area contributed by atoms with Crippen molar-refractivity contribution in [2.24, 2.45) is 0 Å². The van der Waals surface area contributed by atoms with Crippen molar-refractivity contribution in [3.8, 4) is 0 Å². The molecule has 1 aliphatic rings. The second-order valence-electron chi connectivity index (χ2n) is 5.00. The van der Waals surface area contributed by atoms with Crippen molar-refractivity contribution in [1.82, 2.24) is 4.98 Å². The van der Waals surface area contributed by atoms with Gasteiger partial charge in [0, 0.05) is 12.0 Å². The molecule has 1 atom stereocenters. The molecule has 0 amide bonds. The number of rotatable bonds is 3. The van der Waals surface area contributed by atoms with Crippen LogP contribution in [0, 0.1) is 17.0 Å². The van der Waals surface area contributed by atoms with Gasteiger partial charge in [0.1, 0.15) is 11.9 Å². The summed E-state index contributed by atoms with van der Waals surface area (Å²) in [6.45, 7) is 3.22. The van der Waals surface area contributed by atoms with E-state index in [1.165, 1.54) is 6.20 Å². The molecule has 1 aliphatic heterocycles. The SMILES string of the molecule is Cc1ccc2ncc([N+](=O)[O-])c(NC3CCOC3)c2c1. The number of aryl methyl sites for hydroxylation is 1. The summed E-state index contributed by atoms with van der Waals surface area (Å²) in [5, 5.41) is 15.3. The lowest BCUT2D eigenvalue weighted by Gasteiger charge is -2.14. The summed E-state index contributed by atoms with van der Waals surface area (Å²) in [6.07, 6.45) is 2.17. The van der Waals surface area contributed by atoms with E-state index in [2.05, 4.69) is 10.3 Å². The highest BCUT2D eigenvalue weighted by atomic mass is 16.6. The number of benzene rings is 1. The Bertz CT molecular complexity index is 666. The summed E-state index contributed by atoms with van der Waals surface area (Å²) in [5.41, 5.74) is 2.35. The van der Waals surface area contributed by atoms with Gasteiger partial charge in [0.2, 0.25) is 0 Å². The van der Waals surface area contributed by atoms with Gasteiger partial charge in [-0.15, -0.1) is 0 Å². The van der Waals surface area contributed by atoms with Gasteiger partial charge in [-0.3, -0.25) is 10.1 Å². The molecule has 1 saturated heterocycles. The first kappa shape index (κ1) is 12.8. The van der Waals surface area contributed by atoms with E-state index in [-0.39, 0.29) is 11.7 Å². The van der Waals surface area contributed by atoms with E-state index in [0.29, 0.717) is 18.9 Å². The van der Waals surface area contributed by atoms with Crippen molar-refractivity contribution < 1.29 is 9.66 Å². The summed E-state index contributed by atoms with van der Waals surface area (Å²) in [5.74, 6) is 0. The number of aromatic nitrogens is 1. The fourth-order valence-electron chi connectivity index (χ4n) is 2.44. The van der Waals surface area contributed by atoms with Crippen LogP contribution >= 0.6 is 0 Å². The number of nitro groups is 1. The zero-order chi connectivity index (χ0) is 14.1. The smallest absolute Gasteiger partial charge is 0.311 e. The molecular formula is C14H15N3O3. The van der Waals surface area contributed by atoms with Crippen LogP contribution in [-0.4, -0.2) is 29.2 Å². The molecule has 0 bridgehead atoms. The summed E-state index contributed by atoms with van der Waals surface area (Å²) >= 11 is 0. The molecule has 2 heterocycles. The molecule has 0 spiro atoms. The monoisotopic (exact) mass is 273 g/mol. The van der Waals surface area contributed by atoms with Gasteiger partial charge in [0.15, 0.2) is 0 Å². The van der Waals surface area contributed by atoms with Gasteiger partial charge in [-0.05, 0) is 25.5 Å². The van der Waals surface area contributed by atoms with E-state index >= 15 is 0 Å². The first-order chi connectivity index (χ1) is 9.65. The zero-order valence-electron chi connectivity index (χ0n) is 11.1. The number of hydrogen-bond acceptors (Lipinski definition) is 5. The average molecular weight is 273 g/mol. The number of ether oxygens (including phenoxy) is 1. The summed E-state index contributed by atoms with van der Waals surface area (Å²) in [6, 6.07) is 5.86. The Kier molecular flexibility index (Phi) is 3.23. The van der Waals surface area contributed by atoms with E-state index in [4.69, 9.17) is 4.74 Å². The Hall–Kier alpha value is -2.21. The lowest BCUT2D eigenvalue weighted by atomic mass is 10.1. The van der Waals surface area contributed by atoms with Crippen molar-refractivity contribution in [3.63, 3.8) is 0 Å². The Morgan fingerprint density at radius 1 is 1.50 bits per heavy atom. The van der Waals surface area contributed by atoms with Crippen molar-refractivity contribution in [2.45, 2.75) is 19.4 Å². The van der Waals surface area contributed by atoms with Crippen LogP contribution in [0.4, 0.5) is 11.4 Å². The average Bonchev–Trinajstić information content (AvgIpc) is 2.92. The minimum Gasteiger partial charge on any atom is -0.379 e. The summed E-state index contributed by atoms with van der Waals surface area (Å²) < 4.78 is 5.32. The molecular weight excluding hydrogens is 258 g/mol. The molecule has 0 saturated carbocycles. The second-order valence-corrected chi connectivity index (χ2v) is 5.00. The number of fused-ring (bicyclic) bond motifs is 1. The molecule has 0 aliphatic carbocycles. The molecule has 6 nitrogen and oxygen atoms in total. The van der Waals surface area contributed by atoms with E-state index in [9.17, 15) is 10.1 Å². The molecule has 20 heavy (non-hydrogen) atoms. The maximum atomic E-state index is 11.2. The number of nitrogens with zero attached hydrogens (tertiary/aromatic N) is 2. The first-order valence-electron chi connectivity index (χ1n) is 6.53. The fraction of sp³-hybridized carbons (Fsp3) is 0.357. The van der Waals surface area contributed by atoms with E-state index in [1.807, 2.05) is 25.1 Å². The maximum Gasteiger partial charge on any atom is 0.311 e. The Balaban J connectivity index is 2.14.